The molecule has 23 heavy (non-hydrogen) atoms. The number of pyridine rings is 1. The van der Waals surface area contributed by atoms with Crippen molar-refractivity contribution < 1.29 is 4.79 Å². The Bertz CT molecular complexity index is 705. The lowest BCUT2D eigenvalue weighted by molar-refractivity contribution is 0.134. The number of carbonyl (C=O) groups is 1. The molecule has 0 radical (unpaired) electrons. The molecule has 1 aromatic carbocycles. The fourth-order valence-electron chi connectivity index (χ4n) is 3.03. The molecule has 1 saturated carbocycles. The Morgan fingerprint density at radius 2 is 1.87 bits per heavy atom. The maximum Gasteiger partial charge on any atom is 0.317 e. The summed E-state index contributed by atoms with van der Waals surface area (Å²) in [6, 6.07) is 13.0. The molecule has 0 atom stereocenters. The van der Waals surface area contributed by atoms with E-state index in [1.807, 2.05) is 17.0 Å². The summed E-state index contributed by atoms with van der Waals surface area (Å²) in [7, 11) is 0. The summed E-state index contributed by atoms with van der Waals surface area (Å²) in [6.45, 7) is 4.26. The third-order valence-electron chi connectivity index (χ3n) is 4.61. The van der Waals surface area contributed by atoms with Gasteiger partial charge in [-0.2, -0.15) is 0 Å². The second kappa shape index (κ2) is 6.16. The van der Waals surface area contributed by atoms with Crippen LogP contribution in [-0.2, 0) is 6.54 Å². The molecule has 5 heteroatoms. The van der Waals surface area contributed by atoms with Gasteiger partial charge in [0.15, 0.2) is 0 Å². The van der Waals surface area contributed by atoms with Crippen molar-refractivity contribution in [3.05, 3.63) is 42.1 Å². The molecule has 120 valence electrons. The maximum absolute atomic E-state index is 12.0. The predicted octanol–water partition coefficient (Wildman–Crippen LogP) is 2.22. The van der Waals surface area contributed by atoms with Crippen LogP contribution in [0, 0.1) is 0 Å². The molecule has 2 amide bonds. The first-order chi connectivity index (χ1) is 11.3. The van der Waals surface area contributed by atoms with Crippen LogP contribution in [0.2, 0.25) is 0 Å². The van der Waals surface area contributed by atoms with E-state index >= 15 is 0 Å². The Morgan fingerprint density at radius 1 is 1.09 bits per heavy atom. The molecule has 5 nitrogen and oxygen atoms in total. The molecule has 0 unspecified atom stereocenters. The van der Waals surface area contributed by atoms with E-state index in [1.54, 1.807) is 0 Å². The molecule has 0 spiro atoms. The summed E-state index contributed by atoms with van der Waals surface area (Å²) in [5.74, 6) is 0. The Morgan fingerprint density at radius 3 is 2.65 bits per heavy atom. The minimum atomic E-state index is 0.107. The van der Waals surface area contributed by atoms with Crippen molar-refractivity contribution in [3.63, 3.8) is 0 Å². The van der Waals surface area contributed by atoms with Gasteiger partial charge in [0.25, 0.3) is 0 Å². The van der Waals surface area contributed by atoms with Crippen LogP contribution < -0.4 is 5.32 Å². The Kier molecular flexibility index (Phi) is 3.87. The number of rotatable bonds is 3. The zero-order chi connectivity index (χ0) is 15.6. The SMILES string of the molecule is O=C(NC1CC1)N1CCN(Cc2ccc3ccccc3n2)CC1. The molecular formula is C18H22N4O. The van der Waals surface area contributed by atoms with E-state index in [2.05, 4.69) is 34.5 Å². The van der Waals surface area contributed by atoms with Gasteiger partial charge >= 0.3 is 6.03 Å². The molecule has 2 aromatic rings. The number of nitrogens with one attached hydrogen (secondary N) is 1. The van der Waals surface area contributed by atoms with E-state index in [-0.39, 0.29) is 6.03 Å². The second-order valence-corrected chi connectivity index (χ2v) is 6.48. The van der Waals surface area contributed by atoms with Gasteiger partial charge in [-0.15, -0.1) is 0 Å². The Labute approximate surface area is 136 Å². The minimum absolute atomic E-state index is 0.107. The summed E-state index contributed by atoms with van der Waals surface area (Å²) < 4.78 is 0. The van der Waals surface area contributed by atoms with Crippen molar-refractivity contribution in [2.75, 3.05) is 26.2 Å². The number of hydrogen-bond donors (Lipinski definition) is 1. The number of urea groups is 1. The number of amides is 2. The van der Waals surface area contributed by atoms with Gasteiger partial charge in [0, 0.05) is 44.2 Å². The smallest absolute Gasteiger partial charge is 0.317 e. The number of nitrogens with zero attached hydrogens (tertiary/aromatic N) is 3. The van der Waals surface area contributed by atoms with Crippen LogP contribution in [0.1, 0.15) is 18.5 Å². The molecule has 2 heterocycles. The van der Waals surface area contributed by atoms with Crippen LogP contribution in [-0.4, -0.2) is 53.0 Å². The van der Waals surface area contributed by atoms with Crippen molar-refractivity contribution in [2.24, 2.45) is 0 Å². The van der Waals surface area contributed by atoms with E-state index in [0.29, 0.717) is 6.04 Å². The highest BCUT2D eigenvalue weighted by Crippen LogP contribution is 2.19. The van der Waals surface area contributed by atoms with Crippen LogP contribution in [0.25, 0.3) is 10.9 Å². The zero-order valence-corrected chi connectivity index (χ0v) is 13.2. The highest BCUT2D eigenvalue weighted by Gasteiger charge is 2.27. The molecule has 4 rings (SSSR count). The average molecular weight is 310 g/mol. The van der Waals surface area contributed by atoms with Gasteiger partial charge in [-0.3, -0.25) is 9.88 Å². The molecule has 2 fully saturated rings. The Balaban J connectivity index is 1.33. The number of benzene rings is 1. The lowest BCUT2D eigenvalue weighted by Crippen LogP contribution is -2.51. The first-order valence-corrected chi connectivity index (χ1v) is 8.40. The second-order valence-electron chi connectivity index (χ2n) is 6.48. The van der Waals surface area contributed by atoms with Gasteiger partial charge in [-0.1, -0.05) is 24.3 Å². The lowest BCUT2D eigenvalue weighted by atomic mass is 10.2. The predicted molar refractivity (Wildman–Crippen MR) is 90.1 cm³/mol. The monoisotopic (exact) mass is 310 g/mol. The van der Waals surface area contributed by atoms with E-state index < -0.39 is 0 Å². The molecule has 1 aliphatic heterocycles. The highest BCUT2D eigenvalue weighted by molar-refractivity contribution is 5.78. The summed E-state index contributed by atoms with van der Waals surface area (Å²) in [4.78, 5) is 21.1. The van der Waals surface area contributed by atoms with Crippen LogP contribution in [0.3, 0.4) is 0 Å². The van der Waals surface area contributed by atoms with Gasteiger partial charge in [-0.25, -0.2) is 4.79 Å². The third-order valence-corrected chi connectivity index (χ3v) is 4.61. The lowest BCUT2D eigenvalue weighted by Gasteiger charge is -2.34. The highest BCUT2D eigenvalue weighted by atomic mass is 16.2. The van der Waals surface area contributed by atoms with E-state index in [1.165, 1.54) is 5.39 Å². The van der Waals surface area contributed by atoms with Crippen molar-refractivity contribution in [3.8, 4) is 0 Å². The molecule has 1 saturated heterocycles. The fourth-order valence-corrected chi connectivity index (χ4v) is 3.03. The number of carbonyl (C=O) groups excluding carboxylic acids is 1. The van der Waals surface area contributed by atoms with Crippen LogP contribution in [0.5, 0.6) is 0 Å². The van der Waals surface area contributed by atoms with Crippen LogP contribution >= 0.6 is 0 Å². The number of para-hydroxylation sites is 1. The van der Waals surface area contributed by atoms with Crippen LogP contribution in [0.4, 0.5) is 4.79 Å². The third kappa shape index (κ3) is 3.45. The zero-order valence-electron chi connectivity index (χ0n) is 13.2. The van der Waals surface area contributed by atoms with Crippen molar-refractivity contribution in [2.45, 2.75) is 25.4 Å². The fraction of sp³-hybridized carbons (Fsp3) is 0.444. The summed E-state index contributed by atoms with van der Waals surface area (Å²) in [6.07, 6.45) is 2.28. The average Bonchev–Trinajstić information content (AvgIpc) is 3.39. The molecule has 1 aliphatic carbocycles. The van der Waals surface area contributed by atoms with Crippen molar-refractivity contribution >= 4 is 16.9 Å². The van der Waals surface area contributed by atoms with E-state index in [0.717, 1.165) is 56.8 Å². The number of fused-ring (bicyclic) bond motifs is 1. The molecule has 1 N–H and O–H groups in total. The van der Waals surface area contributed by atoms with Crippen molar-refractivity contribution in [1.82, 2.24) is 20.1 Å². The summed E-state index contributed by atoms with van der Waals surface area (Å²) in [5.41, 5.74) is 2.15. The largest absolute Gasteiger partial charge is 0.335 e. The maximum atomic E-state index is 12.0. The van der Waals surface area contributed by atoms with E-state index in [4.69, 9.17) is 4.98 Å². The Hall–Kier alpha value is -2.14. The first-order valence-electron chi connectivity index (χ1n) is 8.40. The standard InChI is InChI=1S/C18H22N4O/c23-18(20-15-7-8-15)22-11-9-21(10-12-22)13-16-6-5-14-3-1-2-4-17(14)19-16/h1-6,15H,7-13H2,(H,20,23). The quantitative estimate of drug-likeness (QED) is 0.946. The minimum Gasteiger partial charge on any atom is -0.335 e. The topological polar surface area (TPSA) is 48.5 Å². The van der Waals surface area contributed by atoms with Gasteiger partial charge in [0.05, 0.1) is 11.2 Å². The molecule has 2 aliphatic rings. The number of hydrogen-bond acceptors (Lipinski definition) is 3. The number of aromatic nitrogens is 1. The normalized spacial score (nSPS) is 19.0. The molecule has 1 aromatic heterocycles. The van der Waals surface area contributed by atoms with Gasteiger partial charge in [-0.05, 0) is 25.0 Å². The first kappa shape index (κ1) is 14.5. The van der Waals surface area contributed by atoms with Gasteiger partial charge in [0.1, 0.15) is 0 Å². The van der Waals surface area contributed by atoms with Gasteiger partial charge in [0.2, 0.25) is 0 Å². The molecular weight excluding hydrogens is 288 g/mol. The van der Waals surface area contributed by atoms with Crippen molar-refractivity contribution in [1.29, 1.82) is 0 Å². The van der Waals surface area contributed by atoms with Gasteiger partial charge < -0.3 is 10.2 Å². The van der Waals surface area contributed by atoms with E-state index in [9.17, 15) is 4.79 Å². The summed E-state index contributed by atoms with van der Waals surface area (Å²) >= 11 is 0. The van der Waals surface area contributed by atoms with Crippen LogP contribution in [0.15, 0.2) is 36.4 Å². The summed E-state index contributed by atoms with van der Waals surface area (Å²) in [5, 5.41) is 4.24. The molecule has 0 bridgehead atoms. The number of piperazine rings is 1.